The molecule has 1 aliphatic rings. The van der Waals surface area contributed by atoms with Crippen LogP contribution >= 0.6 is 0 Å². The Morgan fingerprint density at radius 1 is 1.07 bits per heavy atom. The van der Waals surface area contributed by atoms with E-state index in [-0.39, 0.29) is 23.0 Å². The van der Waals surface area contributed by atoms with Crippen LogP contribution in [-0.2, 0) is 4.74 Å². The maximum atomic E-state index is 14.7. The summed E-state index contributed by atoms with van der Waals surface area (Å²) in [6.45, 7) is 2.81. The molecular weight excluding hydrogens is 353 g/mol. The average Bonchev–Trinajstić information content (AvgIpc) is 2.69. The van der Waals surface area contributed by atoms with Gasteiger partial charge in [0.1, 0.15) is 5.82 Å². The van der Waals surface area contributed by atoms with Gasteiger partial charge < -0.3 is 9.47 Å². The zero-order chi connectivity index (χ0) is 19.4. The molecule has 2 nitrogen and oxygen atoms in total. The molecular formula is C22H25F3O2. The SMILES string of the molecule is CCCCC1CCC(c2ccc(-c3ccc(OC)c(F)c3F)cc2F)OC1. The summed E-state index contributed by atoms with van der Waals surface area (Å²) < 4.78 is 53.5. The van der Waals surface area contributed by atoms with Gasteiger partial charge >= 0.3 is 0 Å². The summed E-state index contributed by atoms with van der Waals surface area (Å²) in [7, 11) is 1.27. The summed E-state index contributed by atoms with van der Waals surface area (Å²) in [4.78, 5) is 0. The largest absolute Gasteiger partial charge is 0.494 e. The normalized spacial score (nSPS) is 19.9. The van der Waals surface area contributed by atoms with Crippen LogP contribution in [0.2, 0.25) is 0 Å². The van der Waals surface area contributed by atoms with Crippen molar-refractivity contribution in [3.8, 4) is 16.9 Å². The lowest BCUT2D eigenvalue weighted by atomic mass is 9.90. The van der Waals surface area contributed by atoms with E-state index < -0.39 is 17.5 Å². The standard InChI is InChI=1S/C22H25F3O2/c1-3-4-5-14-6-10-19(27-13-14)17-8-7-15(12-18(17)23)16-9-11-20(26-2)22(25)21(16)24/h7-9,11-12,14,19H,3-6,10,13H2,1-2H3. The molecule has 146 valence electrons. The van der Waals surface area contributed by atoms with Gasteiger partial charge in [-0.2, -0.15) is 4.39 Å². The Bertz CT molecular complexity index is 783. The van der Waals surface area contributed by atoms with Crippen molar-refractivity contribution in [2.24, 2.45) is 5.92 Å². The van der Waals surface area contributed by atoms with Gasteiger partial charge in [0, 0.05) is 11.1 Å². The van der Waals surface area contributed by atoms with E-state index in [1.165, 1.54) is 38.2 Å². The van der Waals surface area contributed by atoms with Crippen molar-refractivity contribution in [3.05, 3.63) is 53.3 Å². The van der Waals surface area contributed by atoms with Crippen LogP contribution in [0.25, 0.3) is 11.1 Å². The van der Waals surface area contributed by atoms with Crippen LogP contribution < -0.4 is 4.74 Å². The van der Waals surface area contributed by atoms with Gasteiger partial charge in [0.2, 0.25) is 5.82 Å². The molecule has 1 aliphatic heterocycles. The molecule has 0 bridgehead atoms. The number of hydrogen-bond donors (Lipinski definition) is 0. The van der Waals surface area contributed by atoms with E-state index in [0.717, 1.165) is 19.3 Å². The molecule has 2 aromatic rings. The molecule has 2 atom stereocenters. The van der Waals surface area contributed by atoms with E-state index in [4.69, 9.17) is 9.47 Å². The molecule has 27 heavy (non-hydrogen) atoms. The van der Waals surface area contributed by atoms with E-state index in [9.17, 15) is 13.2 Å². The maximum absolute atomic E-state index is 14.7. The van der Waals surface area contributed by atoms with Crippen molar-refractivity contribution in [2.75, 3.05) is 13.7 Å². The first-order valence-corrected chi connectivity index (χ1v) is 9.48. The van der Waals surface area contributed by atoms with Crippen LogP contribution in [0.5, 0.6) is 5.75 Å². The second kappa shape index (κ2) is 8.79. The highest BCUT2D eigenvalue weighted by atomic mass is 19.2. The number of hydrogen-bond acceptors (Lipinski definition) is 2. The molecule has 0 radical (unpaired) electrons. The van der Waals surface area contributed by atoms with Crippen molar-refractivity contribution in [2.45, 2.75) is 45.1 Å². The van der Waals surface area contributed by atoms with E-state index in [0.29, 0.717) is 18.1 Å². The molecule has 0 N–H and O–H groups in total. The lowest BCUT2D eigenvalue weighted by Gasteiger charge is -2.29. The lowest BCUT2D eigenvalue weighted by Crippen LogP contribution is -2.21. The van der Waals surface area contributed by atoms with Gasteiger partial charge in [-0.3, -0.25) is 0 Å². The fraction of sp³-hybridized carbons (Fsp3) is 0.455. The van der Waals surface area contributed by atoms with Gasteiger partial charge in [-0.1, -0.05) is 31.9 Å². The van der Waals surface area contributed by atoms with Gasteiger partial charge in [0.25, 0.3) is 0 Å². The number of halogens is 3. The molecule has 0 saturated carbocycles. The third kappa shape index (κ3) is 4.29. The zero-order valence-corrected chi connectivity index (χ0v) is 15.7. The third-order valence-corrected chi connectivity index (χ3v) is 5.26. The van der Waals surface area contributed by atoms with E-state index in [2.05, 4.69) is 6.92 Å². The number of ether oxygens (including phenoxy) is 2. The van der Waals surface area contributed by atoms with E-state index >= 15 is 0 Å². The Labute approximate surface area is 158 Å². The fourth-order valence-electron chi connectivity index (χ4n) is 3.64. The Kier molecular flexibility index (Phi) is 6.42. The molecule has 2 unspecified atom stereocenters. The minimum absolute atomic E-state index is 0.00272. The van der Waals surface area contributed by atoms with Crippen LogP contribution in [-0.4, -0.2) is 13.7 Å². The number of methoxy groups -OCH3 is 1. The maximum Gasteiger partial charge on any atom is 0.201 e. The topological polar surface area (TPSA) is 18.5 Å². The third-order valence-electron chi connectivity index (χ3n) is 5.26. The molecule has 0 amide bonds. The lowest BCUT2D eigenvalue weighted by molar-refractivity contribution is -0.0214. The average molecular weight is 378 g/mol. The van der Waals surface area contributed by atoms with Gasteiger partial charge in [-0.15, -0.1) is 0 Å². The Morgan fingerprint density at radius 3 is 2.52 bits per heavy atom. The van der Waals surface area contributed by atoms with E-state index in [1.807, 2.05) is 0 Å². The molecule has 5 heteroatoms. The summed E-state index contributed by atoms with van der Waals surface area (Å²) in [5.41, 5.74) is 0.761. The second-order valence-corrected chi connectivity index (χ2v) is 7.09. The minimum Gasteiger partial charge on any atom is -0.494 e. The van der Waals surface area contributed by atoms with Gasteiger partial charge in [-0.25, -0.2) is 8.78 Å². The molecule has 1 saturated heterocycles. The smallest absolute Gasteiger partial charge is 0.201 e. The van der Waals surface area contributed by atoms with Gasteiger partial charge in [0.05, 0.1) is 19.8 Å². The van der Waals surface area contributed by atoms with Crippen molar-refractivity contribution >= 4 is 0 Å². The first-order valence-electron chi connectivity index (χ1n) is 9.48. The molecule has 1 fully saturated rings. The van der Waals surface area contributed by atoms with Crippen LogP contribution in [0.1, 0.15) is 50.7 Å². The highest BCUT2D eigenvalue weighted by Gasteiger charge is 2.25. The summed E-state index contributed by atoms with van der Waals surface area (Å²) in [5.74, 6) is -2.22. The van der Waals surface area contributed by atoms with E-state index in [1.54, 1.807) is 12.1 Å². The molecule has 0 spiro atoms. The summed E-state index contributed by atoms with van der Waals surface area (Å²) in [6.07, 6.45) is 5.01. The van der Waals surface area contributed by atoms with Crippen molar-refractivity contribution in [3.63, 3.8) is 0 Å². The van der Waals surface area contributed by atoms with Crippen molar-refractivity contribution in [1.29, 1.82) is 0 Å². The Balaban J connectivity index is 1.76. The van der Waals surface area contributed by atoms with Crippen molar-refractivity contribution < 1.29 is 22.6 Å². The number of unbranched alkanes of at least 4 members (excludes halogenated alkanes) is 1. The summed E-state index contributed by atoms with van der Waals surface area (Å²) in [5, 5.41) is 0. The molecule has 3 rings (SSSR count). The Morgan fingerprint density at radius 2 is 1.89 bits per heavy atom. The van der Waals surface area contributed by atoms with Gasteiger partial charge in [-0.05, 0) is 48.9 Å². The molecule has 2 aromatic carbocycles. The highest BCUT2D eigenvalue weighted by molar-refractivity contribution is 5.66. The second-order valence-electron chi connectivity index (χ2n) is 7.09. The summed E-state index contributed by atoms with van der Waals surface area (Å²) in [6, 6.07) is 7.19. The van der Waals surface area contributed by atoms with Crippen molar-refractivity contribution in [1.82, 2.24) is 0 Å². The highest BCUT2D eigenvalue weighted by Crippen LogP contribution is 2.36. The summed E-state index contributed by atoms with van der Waals surface area (Å²) >= 11 is 0. The molecule has 1 heterocycles. The first-order chi connectivity index (χ1) is 13.0. The van der Waals surface area contributed by atoms with Crippen LogP contribution in [0.4, 0.5) is 13.2 Å². The van der Waals surface area contributed by atoms with Crippen LogP contribution in [0, 0.1) is 23.4 Å². The molecule has 0 aliphatic carbocycles. The predicted octanol–water partition coefficient (Wildman–Crippen LogP) is 6.44. The monoisotopic (exact) mass is 378 g/mol. The van der Waals surface area contributed by atoms with Crippen LogP contribution in [0.15, 0.2) is 30.3 Å². The fourth-order valence-corrected chi connectivity index (χ4v) is 3.64. The first kappa shape index (κ1) is 19.7. The quantitative estimate of drug-likeness (QED) is 0.576. The number of rotatable bonds is 6. The Hall–Kier alpha value is -2.01. The predicted molar refractivity (Wildman–Crippen MR) is 99.2 cm³/mol. The van der Waals surface area contributed by atoms with Gasteiger partial charge in [0.15, 0.2) is 11.6 Å². The minimum atomic E-state index is -1.08. The zero-order valence-electron chi connectivity index (χ0n) is 15.7. The van der Waals surface area contributed by atoms with Crippen LogP contribution in [0.3, 0.4) is 0 Å². The number of benzene rings is 2. The molecule has 0 aromatic heterocycles.